The number of carbonyl (C=O) groups excluding carboxylic acids is 2. The molecule has 0 aliphatic rings. The number of aromatic nitrogens is 1. The summed E-state index contributed by atoms with van der Waals surface area (Å²) in [6, 6.07) is 16.1. The van der Waals surface area contributed by atoms with Crippen LogP contribution in [0.4, 0.5) is 5.69 Å². The van der Waals surface area contributed by atoms with Crippen LogP contribution in [0.5, 0.6) is 0 Å². The van der Waals surface area contributed by atoms with Crippen LogP contribution >= 0.6 is 0 Å². The van der Waals surface area contributed by atoms with Crippen LogP contribution in [-0.4, -0.2) is 44.1 Å². The summed E-state index contributed by atoms with van der Waals surface area (Å²) in [4.78, 5) is 30.2. The average molecular weight is 416 g/mol. The Morgan fingerprint density at radius 3 is 2.55 bits per heavy atom. The number of esters is 1. The van der Waals surface area contributed by atoms with E-state index in [1.807, 2.05) is 73.6 Å². The number of benzene rings is 2. The van der Waals surface area contributed by atoms with Crippen molar-refractivity contribution in [2.75, 3.05) is 26.1 Å². The number of methoxy groups -OCH3 is 1. The van der Waals surface area contributed by atoms with Crippen LogP contribution in [0.15, 0.2) is 60.3 Å². The molecule has 0 aliphatic heterocycles. The fourth-order valence-corrected chi connectivity index (χ4v) is 3.28. The molecule has 1 atom stereocenters. The third-order valence-electron chi connectivity index (χ3n) is 4.98. The number of rotatable bonds is 7. The highest BCUT2D eigenvalue weighted by atomic mass is 16.5. The molecule has 1 heterocycles. The molecule has 1 amide bonds. The van der Waals surface area contributed by atoms with Crippen molar-refractivity contribution < 1.29 is 14.3 Å². The number of nitrogens with one attached hydrogen (secondary N) is 2. The molecule has 0 radical (unpaired) electrons. The van der Waals surface area contributed by atoms with Gasteiger partial charge < -0.3 is 19.9 Å². The number of carbonyl (C=O) groups is 2. The molecule has 7 heteroatoms. The van der Waals surface area contributed by atoms with E-state index in [0.29, 0.717) is 5.56 Å². The molecule has 1 unspecified atom stereocenters. The van der Waals surface area contributed by atoms with Crippen molar-refractivity contribution in [1.82, 2.24) is 10.3 Å². The van der Waals surface area contributed by atoms with Crippen LogP contribution < -0.4 is 10.2 Å². The number of H-pyrrole nitrogens is 1. The van der Waals surface area contributed by atoms with E-state index in [1.54, 1.807) is 6.20 Å². The molecule has 0 bridgehead atoms. The number of hydrogen-bond acceptors (Lipinski definition) is 5. The summed E-state index contributed by atoms with van der Waals surface area (Å²) in [5.74, 6) is -1.21. The Labute approximate surface area is 180 Å². The molecular weight excluding hydrogens is 392 g/mol. The molecule has 2 aromatic carbocycles. The van der Waals surface area contributed by atoms with E-state index < -0.39 is 17.9 Å². The first-order valence-electron chi connectivity index (χ1n) is 9.75. The van der Waals surface area contributed by atoms with Crippen molar-refractivity contribution in [2.45, 2.75) is 12.5 Å². The Bertz CT molecular complexity index is 1150. The molecule has 7 nitrogen and oxygen atoms in total. The van der Waals surface area contributed by atoms with Gasteiger partial charge in [0.1, 0.15) is 17.7 Å². The number of aromatic amines is 1. The molecule has 0 spiro atoms. The number of hydrogen-bond donors (Lipinski definition) is 2. The van der Waals surface area contributed by atoms with E-state index in [1.165, 1.54) is 13.2 Å². The first-order chi connectivity index (χ1) is 14.9. The van der Waals surface area contributed by atoms with Gasteiger partial charge in [-0.3, -0.25) is 4.79 Å². The van der Waals surface area contributed by atoms with E-state index in [4.69, 9.17) is 4.74 Å². The molecule has 31 heavy (non-hydrogen) atoms. The van der Waals surface area contributed by atoms with Crippen molar-refractivity contribution in [2.24, 2.45) is 0 Å². The topological polar surface area (TPSA) is 98.2 Å². The second-order valence-corrected chi connectivity index (χ2v) is 7.27. The van der Waals surface area contributed by atoms with Crippen LogP contribution in [0.3, 0.4) is 0 Å². The monoisotopic (exact) mass is 416 g/mol. The lowest BCUT2D eigenvalue weighted by Crippen LogP contribution is -2.43. The van der Waals surface area contributed by atoms with Gasteiger partial charge in [0, 0.05) is 43.3 Å². The Hall–Kier alpha value is -4.05. The molecular formula is C24H24N4O3. The van der Waals surface area contributed by atoms with Gasteiger partial charge in [0.25, 0.3) is 5.91 Å². The van der Waals surface area contributed by atoms with Crippen molar-refractivity contribution in [3.63, 3.8) is 0 Å². The minimum atomic E-state index is -0.926. The number of nitrogens with zero attached hydrogens (tertiary/aromatic N) is 2. The smallest absolute Gasteiger partial charge is 0.328 e. The van der Waals surface area contributed by atoms with E-state index >= 15 is 0 Å². The highest BCUT2D eigenvalue weighted by Gasteiger charge is 2.24. The van der Waals surface area contributed by atoms with Gasteiger partial charge in [0.05, 0.1) is 7.11 Å². The molecule has 0 saturated carbocycles. The molecule has 158 valence electrons. The van der Waals surface area contributed by atoms with Gasteiger partial charge >= 0.3 is 5.97 Å². The molecule has 2 N–H and O–H groups in total. The van der Waals surface area contributed by atoms with Crippen LogP contribution in [0.25, 0.3) is 17.0 Å². The number of fused-ring (bicyclic) bond motifs is 1. The summed E-state index contributed by atoms with van der Waals surface area (Å²) in [5.41, 5.74) is 3.43. The highest BCUT2D eigenvalue weighted by Crippen LogP contribution is 2.20. The second kappa shape index (κ2) is 9.63. The Balaban J connectivity index is 1.80. The largest absolute Gasteiger partial charge is 0.467 e. The predicted molar refractivity (Wildman–Crippen MR) is 120 cm³/mol. The lowest BCUT2D eigenvalue weighted by molar-refractivity contribution is -0.144. The maximum atomic E-state index is 12.8. The molecule has 0 saturated heterocycles. The number of ether oxygens (including phenoxy) is 1. The number of nitriles is 1. The fraction of sp³-hybridized carbons (Fsp3) is 0.208. The van der Waals surface area contributed by atoms with Gasteiger partial charge in [-0.25, -0.2) is 4.79 Å². The van der Waals surface area contributed by atoms with E-state index in [-0.39, 0.29) is 12.0 Å². The van der Waals surface area contributed by atoms with E-state index in [9.17, 15) is 14.9 Å². The maximum absolute atomic E-state index is 12.8. The molecule has 0 fully saturated rings. The van der Waals surface area contributed by atoms with Crippen molar-refractivity contribution in [1.29, 1.82) is 5.26 Å². The zero-order chi connectivity index (χ0) is 22.4. The predicted octanol–water partition coefficient (Wildman–Crippen LogP) is 3.04. The summed E-state index contributed by atoms with van der Waals surface area (Å²) in [6.45, 7) is 0. The van der Waals surface area contributed by atoms with Gasteiger partial charge in [0.15, 0.2) is 0 Å². The zero-order valence-electron chi connectivity index (χ0n) is 17.7. The van der Waals surface area contributed by atoms with Crippen molar-refractivity contribution in [3.8, 4) is 6.07 Å². The Morgan fingerprint density at radius 2 is 1.90 bits per heavy atom. The lowest BCUT2D eigenvalue weighted by atomic mass is 10.0. The van der Waals surface area contributed by atoms with Crippen LogP contribution in [0.1, 0.15) is 11.1 Å². The first kappa shape index (κ1) is 21.7. The van der Waals surface area contributed by atoms with Crippen LogP contribution in [-0.2, 0) is 20.7 Å². The van der Waals surface area contributed by atoms with Gasteiger partial charge in [-0.05, 0) is 35.4 Å². The first-order valence-corrected chi connectivity index (χ1v) is 9.75. The van der Waals surface area contributed by atoms with Gasteiger partial charge in [-0.2, -0.15) is 5.26 Å². The Morgan fingerprint density at radius 1 is 1.19 bits per heavy atom. The molecule has 3 aromatic rings. The lowest BCUT2D eigenvalue weighted by Gasteiger charge is -2.16. The second-order valence-electron chi connectivity index (χ2n) is 7.27. The van der Waals surface area contributed by atoms with E-state index in [2.05, 4.69) is 10.3 Å². The summed E-state index contributed by atoms with van der Waals surface area (Å²) < 4.78 is 4.87. The summed E-state index contributed by atoms with van der Waals surface area (Å²) >= 11 is 0. The van der Waals surface area contributed by atoms with Crippen molar-refractivity contribution >= 4 is 34.5 Å². The van der Waals surface area contributed by atoms with Crippen molar-refractivity contribution in [3.05, 3.63) is 71.4 Å². The van der Waals surface area contributed by atoms with Crippen LogP contribution in [0.2, 0.25) is 0 Å². The molecule has 1 aromatic heterocycles. The maximum Gasteiger partial charge on any atom is 0.328 e. The number of anilines is 1. The average Bonchev–Trinajstić information content (AvgIpc) is 3.19. The summed E-state index contributed by atoms with van der Waals surface area (Å²) in [5, 5.41) is 13.1. The fourth-order valence-electron chi connectivity index (χ4n) is 3.28. The molecule has 3 rings (SSSR count). The number of amides is 1. The summed E-state index contributed by atoms with van der Waals surface area (Å²) in [7, 11) is 5.13. The van der Waals surface area contributed by atoms with Gasteiger partial charge in [-0.1, -0.05) is 30.3 Å². The normalized spacial score (nSPS) is 12.1. The third-order valence-corrected chi connectivity index (χ3v) is 4.98. The molecule has 0 aliphatic carbocycles. The summed E-state index contributed by atoms with van der Waals surface area (Å²) in [6.07, 6.45) is 3.54. The third kappa shape index (κ3) is 5.11. The quantitative estimate of drug-likeness (QED) is 0.350. The van der Waals surface area contributed by atoms with E-state index in [0.717, 1.165) is 22.2 Å². The van der Waals surface area contributed by atoms with Gasteiger partial charge in [0.2, 0.25) is 0 Å². The highest BCUT2D eigenvalue weighted by molar-refractivity contribution is 6.03. The van der Waals surface area contributed by atoms with Crippen LogP contribution in [0, 0.1) is 11.3 Å². The van der Waals surface area contributed by atoms with Gasteiger partial charge in [-0.15, -0.1) is 0 Å². The minimum Gasteiger partial charge on any atom is -0.467 e. The number of para-hydroxylation sites is 1. The minimum absolute atomic E-state index is 0.0922. The Kier molecular flexibility index (Phi) is 6.73. The zero-order valence-corrected chi connectivity index (χ0v) is 17.7. The standard InChI is InChI=1S/C24H24N4O3/c1-28(2)19-10-8-16(9-11-19)12-17(14-25)23(29)27-22(24(30)31-3)13-18-15-26-21-7-5-4-6-20(18)21/h4-12,15,22,26H,13H2,1-3H3,(H,27,29)/b17-12-. The SMILES string of the molecule is COC(=O)C(Cc1c[nH]c2ccccc12)NC(=O)/C(C#N)=C\c1ccc(N(C)C)cc1.